The van der Waals surface area contributed by atoms with Gasteiger partial charge in [0.15, 0.2) is 12.2 Å². The van der Waals surface area contributed by atoms with Crippen molar-refractivity contribution in [2.24, 2.45) is 0 Å². The van der Waals surface area contributed by atoms with E-state index in [9.17, 15) is 43.2 Å². The Morgan fingerprint density at radius 1 is 0.274 bits per heavy atom. The van der Waals surface area contributed by atoms with E-state index >= 15 is 0 Å². The predicted octanol–water partition coefficient (Wildman–Crippen LogP) is 23.6. The second-order valence-electron chi connectivity index (χ2n) is 25.9. The smallest absolute Gasteiger partial charge is 0.462 e. The van der Waals surface area contributed by atoms with E-state index in [2.05, 4.69) is 198 Å². The van der Waals surface area contributed by atoms with Crippen LogP contribution in [-0.2, 0) is 65.4 Å². The van der Waals surface area contributed by atoms with Gasteiger partial charge in [-0.05, 0) is 173 Å². The first kappa shape index (κ1) is 100. The van der Waals surface area contributed by atoms with Crippen molar-refractivity contribution < 1.29 is 80.2 Å². The molecule has 3 N–H and O–H groups in total. The molecule has 0 aliphatic heterocycles. The SMILES string of the molecule is CC/C=C\C/C=C\C/C=C\C/C=C\C/C=C\CCCC(=O)OCC(COP(=O)(O)OCC(O)COP(=O)(O)OCC(COC(=O)CCCCCCCC/C=C\C/C=C\C/C=C\C/C=C\CC)OC(=O)CCCCCCC/C=C\C/C=C\CCCCC)OC(=O)CCCC/C=C\C/C=C\C/C=C\C/C=C\CC. The van der Waals surface area contributed by atoms with Crippen LogP contribution < -0.4 is 0 Å². The van der Waals surface area contributed by atoms with Crippen molar-refractivity contribution in [3.63, 3.8) is 0 Å². The third-order valence-electron chi connectivity index (χ3n) is 15.8. The molecule has 17 nitrogen and oxygen atoms in total. The van der Waals surface area contributed by atoms with Gasteiger partial charge in [0.25, 0.3) is 0 Å². The van der Waals surface area contributed by atoms with Gasteiger partial charge in [-0.2, -0.15) is 0 Å². The van der Waals surface area contributed by atoms with Crippen LogP contribution in [0.15, 0.2) is 182 Å². The van der Waals surface area contributed by atoms with Gasteiger partial charge in [0.05, 0.1) is 26.4 Å². The molecule has 0 aliphatic carbocycles. The van der Waals surface area contributed by atoms with Gasteiger partial charge in [-0.15, -0.1) is 0 Å². The number of aliphatic hydroxyl groups is 1. The maximum atomic E-state index is 13.1. The lowest BCUT2D eigenvalue weighted by atomic mass is 10.1. The van der Waals surface area contributed by atoms with Gasteiger partial charge in [-0.1, -0.05) is 268 Å². The van der Waals surface area contributed by atoms with Crippen LogP contribution in [0.25, 0.3) is 0 Å². The van der Waals surface area contributed by atoms with Crippen molar-refractivity contribution >= 4 is 39.5 Å². The molecule has 0 aliphatic rings. The monoisotopic (exact) mass is 1520 g/mol. The normalized spacial score (nSPS) is 14.8. The molecule has 0 amide bonds. The molecule has 0 aromatic heterocycles. The second kappa shape index (κ2) is 77.3. The molecule has 600 valence electrons. The molecule has 106 heavy (non-hydrogen) atoms. The van der Waals surface area contributed by atoms with Gasteiger partial charge in [0.1, 0.15) is 19.3 Å². The Morgan fingerprint density at radius 2 is 0.500 bits per heavy atom. The quantitative estimate of drug-likeness (QED) is 0.0169. The second-order valence-corrected chi connectivity index (χ2v) is 28.8. The minimum absolute atomic E-state index is 0.0230. The van der Waals surface area contributed by atoms with Crippen LogP contribution in [0, 0.1) is 0 Å². The van der Waals surface area contributed by atoms with E-state index < -0.39 is 97.5 Å². The summed E-state index contributed by atoms with van der Waals surface area (Å²) in [4.78, 5) is 73.0. The van der Waals surface area contributed by atoms with Gasteiger partial charge < -0.3 is 33.8 Å². The average molecular weight is 1520 g/mol. The van der Waals surface area contributed by atoms with E-state index in [0.29, 0.717) is 38.5 Å². The van der Waals surface area contributed by atoms with Crippen LogP contribution in [0.4, 0.5) is 0 Å². The highest BCUT2D eigenvalue weighted by Gasteiger charge is 2.30. The summed E-state index contributed by atoms with van der Waals surface area (Å²) in [7, 11) is -10.0. The molecule has 0 radical (unpaired) electrons. The Bertz CT molecular complexity index is 2730. The molecule has 0 aromatic carbocycles. The molecule has 0 aromatic rings. The number of ether oxygens (including phenoxy) is 4. The highest BCUT2D eigenvalue weighted by Crippen LogP contribution is 2.45. The van der Waals surface area contributed by atoms with Crippen molar-refractivity contribution in [2.45, 2.75) is 303 Å². The van der Waals surface area contributed by atoms with Crippen molar-refractivity contribution in [1.29, 1.82) is 0 Å². The predicted molar refractivity (Wildman–Crippen MR) is 436 cm³/mol. The third-order valence-corrected chi connectivity index (χ3v) is 17.7. The average Bonchev–Trinajstić information content (AvgIpc) is 0.928. The molecular weight excluding hydrogens is 1380 g/mol. The summed E-state index contributed by atoms with van der Waals surface area (Å²) in [5, 5.41) is 10.6. The topological polar surface area (TPSA) is 237 Å². The number of phosphoric ester groups is 2. The number of esters is 4. The molecule has 19 heteroatoms. The van der Waals surface area contributed by atoms with Crippen LogP contribution in [0.1, 0.15) is 285 Å². The van der Waals surface area contributed by atoms with Crippen molar-refractivity contribution in [3.8, 4) is 0 Å². The summed E-state index contributed by atoms with van der Waals surface area (Å²) in [6.45, 7) is 4.34. The third kappa shape index (κ3) is 76.4. The number of hydrogen-bond donors (Lipinski definition) is 3. The van der Waals surface area contributed by atoms with E-state index in [1.165, 1.54) is 19.3 Å². The number of rotatable bonds is 73. The van der Waals surface area contributed by atoms with Crippen molar-refractivity contribution in [1.82, 2.24) is 0 Å². The maximum absolute atomic E-state index is 13.1. The van der Waals surface area contributed by atoms with Crippen LogP contribution in [0.5, 0.6) is 0 Å². The first-order valence-corrected chi connectivity index (χ1v) is 43.0. The van der Waals surface area contributed by atoms with E-state index in [4.69, 9.17) is 37.0 Å². The lowest BCUT2D eigenvalue weighted by molar-refractivity contribution is -0.161. The fraction of sp³-hybridized carbons (Fsp3) is 0.609. The summed E-state index contributed by atoms with van der Waals surface area (Å²) in [6, 6.07) is 0. The molecule has 0 saturated carbocycles. The van der Waals surface area contributed by atoms with Crippen molar-refractivity contribution in [3.05, 3.63) is 182 Å². The Labute approximate surface area is 641 Å². The van der Waals surface area contributed by atoms with Gasteiger partial charge in [-0.3, -0.25) is 37.3 Å². The molecular formula is C87H140O17P2. The fourth-order valence-corrected chi connectivity index (χ4v) is 11.4. The molecule has 0 rings (SSSR count). The Morgan fingerprint density at radius 3 is 0.811 bits per heavy atom. The highest BCUT2D eigenvalue weighted by atomic mass is 31.2. The number of phosphoric acid groups is 2. The molecule has 0 saturated heterocycles. The first-order chi connectivity index (χ1) is 51.7. The zero-order valence-electron chi connectivity index (χ0n) is 65.5. The molecule has 0 fully saturated rings. The summed E-state index contributed by atoms with van der Waals surface area (Å²) in [5.74, 6) is -2.34. The molecule has 5 unspecified atom stereocenters. The first-order valence-electron chi connectivity index (χ1n) is 40.0. The minimum Gasteiger partial charge on any atom is -0.462 e. The lowest BCUT2D eigenvalue weighted by Crippen LogP contribution is -2.30. The molecule has 0 spiro atoms. The van der Waals surface area contributed by atoms with Crippen LogP contribution in [0.2, 0.25) is 0 Å². The van der Waals surface area contributed by atoms with Gasteiger partial charge >= 0.3 is 39.5 Å². The number of allylic oxidation sites excluding steroid dienone is 30. The van der Waals surface area contributed by atoms with E-state index in [1.807, 2.05) is 12.2 Å². The number of aliphatic hydroxyl groups excluding tert-OH is 1. The molecule has 5 atom stereocenters. The minimum atomic E-state index is -5.01. The Kier molecular flexibility index (Phi) is 73.1. The zero-order valence-corrected chi connectivity index (χ0v) is 67.3. The van der Waals surface area contributed by atoms with Gasteiger partial charge in [0.2, 0.25) is 0 Å². The number of hydrogen-bond acceptors (Lipinski definition) is 15. The van der Waals surface area contributed by atoms with Crippen molar-refractivity contribution in [2.75, 3.05) is 39.6 Å². The Balaban J connectivity index is 5.48. The standard InChI is InChI=1S/C87H140O17P2/c1-5-9-13-17-21-25-29-33-37-39-40-42-46-48-52-56-60-64-68-72-85(90)98-78-83(104-87(92)74-70-66-62-58-54-50-44-36-32-28-24-20-16-12-8-4)80-102-106(95,96)100-76-81(88)75-99-105(93,94)101-79-82(103-86(91)73-69-65-61-57-53-49-43-35-31-27-23-19-15-11-7-3)77-97-84(89)71-67-63-59-55-51-47-45-41-38-34-30-26-22-18-14-10-6-2/h9-11,13-15,21-28,33-38,40,42-45,47,53,55,57,59,81-83,88H,5-8,12,16-20,29-32,39,41,46,48-52,54,56,58,60-80H2,1-4H3,(H,93,94)(H,95,96)/b13-9-,14-10-,15-11-,25-21-,26-22-,27-23-,28-24-,37-33-,38-34-,42-40-,43-35-,44-36-,47-45-,57-53-,59-55-. The Hall–Kier alpha value is -5.84. The van der Waals surface area contributed by atoms with Gasteiger partial charge in [0, 0.05) is 25.7 Å². The number of carbonyl (C=O) groups excluding carboxylic acids is 4. The van der Waals surface area contributed by atoms with Crippen LogP contribution >= 0.6 is 15.6 Å². The van der Waals surface area contributed by atoms with Crippen LogP contribution in [-0.4, -0.2) is 96.7 Å². The summed E-state index contributed by atoms with van der Waals surface area (Å²) in [6.07, 6.45) is 93.1. The molecule has 0 bridgehead atoms. The molecule has 0 heterocycles. The van der Waals surface area contributed by atoms with Crippen LogP contribution in [0.3, 0.4) is 0 Å². The van der Waals surface area contributed by atoms with E-state index in [-0.39, 0.29) is 25.7 Å². The number of unbranched alkanes of at least 4 members (excludes halogenated alkanes) is 17. The largest absolute Gasteiger partial charge is 0.472 e. The summed E-state index contributed by atoms with van der Waals surface area (Å²) < 4.78 is 68.5. The summed E-state index contributed by atoms with van der Waals surface area (Å²) in [5.41, 5.74) is 0. The lowest BCUT2D eigenvalue weighted by Gasteiger charge is -2.21. The number of carbonyl (C=O) groups is 4. The fourth-order valence-electron chi connectivity index (χ4n) is 9.85. The van der Waals surface area contributed by atoms with E-state index in [0.717, 1.165) is 173 Å². The maximum Gasteiger partial charge on any atom is 0.472 e. The summed E-state index contributed by atoms with van der Waals surface area (Å²) >= 11 is 0. The van der Waals surface area contributed by atoms with Gasteiger partial charge in [-0.25, -0.2) is 9.13 Å². The highest BCUT2D eigenvalue weighted by molar-refractivity contribution is 7.47. The zero-order chi connectivity index (χ0) is 77.4. The van der Waals surface area contributed by atoms with E-state index in [1.54, 1.807) is 0 Å².